The third-order valence-corrected chi connectivity index (χ3v) is 2.53. The first-order valence-electron chi connectivity index (χ1n) is 6.12. The summed E-state index contributed by atoms with van der Waals surface area (Å²) in [6.07, 6.45) is 5.29. The number of nitrogens with one attached hydrogen (secondary N) is 1. The SMILES string of the molecule is Cc1cnc(CNC(=O)c2ncccc2/C=C/C(=O)O)o1. The highest BCUT2D eigenvalue weighted by atomic mass is 16.4. The van der Waals surface area contributed by atoms with Crippen LogP contribution in [0.3, 0.4) is 0 Å². The van der Waals surface area contributed by atoms with Crippen LogP contribution in [0.25, 0.3) is 6.08 Å². The summed E-state index contributed by atoms with van der Waals surface area (Å²) in [5.41, 5.74) is 0.555. The third kappa shape index (κ3) is 4.00. The number of amides is 1. The van der Waals surface area contributed by atoms with E-state index in [4.69, 9.17) is 9.52 Å². The van der Waals surface area contributed by atoms with Crippen molar-refractivity contribution < 1.29 is 19.1 Å². The Morgan fingerprint density at radius 3 is 2.90 bits per heavy atom. The molecule has 2 N–H and O–H groups in total. The Labute approximate surface area is 120 Å². The van der Waals surface area contributed by atoms with Crippen molar-refractivity contribution in [3.05, 3.63) is 53.5 Å². The zero-order valence-electron chi connectivity index (χ0n) is 11.2. The number of hydrogen-bond donors (Lipinski definition) is 2. The number of carbonyl (C=O) groups excluding carboxylic acids is 1. The van der Waals surface area contributed by atoms with Crippen molar-refractivity contribution in [1.82, 2.24) is 15.3 Å². The van der Waals surface area contributed by atoms with Gasteiger partial charge in [0.1, 0.15) is 11.5 Å². The van der Waals surface area contributed by atoms with Gasteiger partial charge in [0.15, 0.2) is 0 Å². The molecule has 2 aromatic rings. The molecule has 1 amide bonds. The number of carboxylic acids is 1. The molecule has 0 fully saturated rings. The van der Waals surface area contributed by atoms with Gasteiger partial charge in [0.05, 0.1) is 12.7 Å². The van der Waals surface area contributed by atoms with Crippen LogP contribution in [-0.2, 0) is 11.3 Å². The van der Waals surface area contributed by atoms with E-state index in [1.165, 1.54) is 12.3 Å². The van der Waals surface area contributed by atoms with Gasteiger partial charge in [-0.15, -0.1) is 0 Å². The Morgan fingerprint density at radius 2 is 2.24 bits per heavy atom. The van der Waals surface area contributed by atoms with Crippen LogP contribution in [0.2, 0.25) is 0 Å². The molecule has 0 saturated carbocycles. The number of aliphatic carboxylic acids is 1. The second-order valence-corrected chi connectivity index (χ2v) is 4.16. The van der Waals surface area contributed by atoms with Gasteiger partial charge < -0.3 is 14.8 Å². The Balaban J connectivity index is 2.10. The van der Waals surface area contributed by atoms with Gasteiger partial charge in [-0.25, -0.2) is 9.78 Å². The molecule has 0 unspecified atom stereocenters. The maximum Gasteiger partial charge on any atom is 0.328 e. The van der Waals surface area contributed by atoms with Crippen molar-refractivity contribution in [2.75, 3.05) is 0 Å². The van der Waals surface area contributed by atoms with Gasteiger partial charge in [-0.1, -0.05) is 6.07 Å². The second kappa shape index (κ2) is 6.47. The molecular formula is C14H13N3O4. The highest BCUT2D eigenvalue weighted by molar-refractivity contribution is 5.97. The lowest BCUT2D eigenvalue weighted by Crippen LogP contribution is -2.24. The highest BCUT2D eigenvalue weighted by Gasteiger charge is 2.12. The lowest BCUT2D eigenvalue weighted by atomic mass is 10.1. The van der Waals surface area contributed by atoms with Gasteiger partial charge in [-0.05, 0) is 19.1 Å². The molecule has 0 aliphatic carbocycles. The van der Waals surface area contributed by atoms with Gasteiger partial charge in [0, 0.05) is 17.8 Å². The Kier molecular flexibility index (Phi) is 4.45. The smallest absolute Gasteiger partial charge is 0.328 e. The molecule has 21 heavy (non-hydrogen) atoms. The van der Waals surface area contributed by atoms with E-state index >= 15 is 0 Å². The molecule has 0 spiro atoms. The molecule has 7 heteroatoms. The summed E-state index contributed by atoms with van der Waals surface area (Å²) < 4.78 is 5.24. The van der Waals surface area contributed by atoms with Crippen molar-refractivity contribution in [2.24, 2.45) is 0 Å². The minimum absolute atomic E-state index is 0.130. The predicted octanol–water partition coefficient (Wildman–Crippen LogP) is 1.41. The molecule has 108 valence electrons. The number of carbonyl (C=O) groups is 2. The summed E-state index contributed by atoms with van der Waals surface area (Å²) in [6, 6.07) is 3.23. The Hall–Kier alpha value is -2.96. The predicted molar refractivity (Wildman–Crippen MR) is 73.3 cm³/mol. The summed E-state index contributed by atoms with van der Waals surface area (Å²) in [5.74, 6) is -0.487. The fourth-order valence-corrected chi connectivity index (χ4v) is 1.63. The van der Waals surface area contributed by atoms with Crippen molar-refractivity contribution in [3.8, 4) is 0 Å². The number of aromatic nitrogens is 2. The van der Waals surface area contributed by atoms with Crippen molar-refractivity contribution in [2.45, 2.75) is 13.5 Å². The Bertz CT molecular complexity index is 691. The van der Waals surface area contributed by atoms with E-state index in [1.807, 2.05) is 0 Å². The van der Waals surface area contributed by atoms with Crippen LogP contribution in [0, 0.1) is 6.92 Å². The lowest BCUT2D eigenvalue weighted by Gasteiger charge is -2.05. The minimum atomic E-state index is -1.10. The summed E-state index contributed by atoms with van der Waals surface area (Å²) in [4.78, 5) is 30.5. The lowest BCUT2D eigenvalue weighted by molar-refractivity contribution is -0.131. The molecule has 0 saturated heterocycles. The molecule has 0 atom stereocenters. The molecular weight excluding hydrogens is 274 g/mol. The number of carboxylic acid groups (broad SMARTS) is 1. The third-order valence-electron chi connectivity index (χ3n) is 2.53. The largest absolute Gasteiger partial charge is 0.478 e. The van der Waals surface area contributed by atoms with E-state index < -0.39 is 11.9 Å². The van der Waals surface area contributed by atoms with E-state index in [2.05, 4.69) is 15.3 Å². The first-order valence-corrected chi connectivity index (χ1v) is 6.12. The van der Waals surface area contributed by atoms with E-state index in [0.717, 1.165) is 6.08 Å². The van der Waals surface area contributed by atoms with E-state index in [-0.39, 0.29) is 12.2 Å². The number of nitrogens with zero attached hydrogens (tertiary/aromatic N) is 2. The van der Waals surface area contributed by atoms with E-state index in [0.29, 0.717) is 17.2 Å². The maximum absolute atomic E-state index is 12.1. The standard InChI is InChI=1S/C14H13N3O4/c1-9-7-16-11(21-9)8-17-14(20)13-10(3-2-6-15-13)4-5-12(18)19/h2-7H,8H2,1H3,(H,17,20)(H,18,19)/b5-4+. The normalized spacial score (nSPS) is 10.7. The van der Waals surface area contributed by atoms with Gasteiger partial charge in [0.2, 0.25) is 5.89 Å². The van der Waals surface area contributed by atoms with Gasteiger partial charge >= 0.3 is 5.97 Å². The molecule has 7 nitrogen and oxygen atoms in total. The fourth-order valence-electron chi connectivity index (χ4n) is 1.63. The van der Waals surface area contributed by atoms with Crippen LogP contribution in [-0.4, -0.2) is 27.0 Å². The number of hydrogen-bond acceptors (Lipinski definition) is 5. The molecule has 0 aliphatic heterocycles. The van der Waals surface area contributed by atoms with Crippen LogP contribution < -0.4 is 5.32 Å². The van der Waals surface area contributed by atoms with E-state index in [1.54, 1.807) is 25.3 Å². The summed E-state index contributed by atoms with van der Waals surface area (Å²) in [6.45, 7) is 1.89. The quantitative estimate of drug-likeness (QED) is 0.805. The summed E-state index contributed by atoms with van der Waals surface area (Å²) in [5, 5.41) is 11.2. The average molecular weight is 287 g/mol. The van der Waals surface area contributed by atoms with E-state index in [9.17, 15) is 9.59 Å². The number of aryl methyl sites for hydroxylation is 1. The number of rotatable bonds is 5. The van der Waals surface area contributed by atoms with Crippen LogP contribution in [0.15, 0.2) is 35.0 Å². The van der Waals surface area contributed by atoms with Crippen LogP contribution in [0.4, 0.5) is 0 Å². The Morgan fingerprint density at radius 1 is 1.43 bits per heavy atom. The second-order valence-electron chi connectivity index (χ2n) is 4.16. The van der Waals surface area contributed by atoms with Gasteiger partial charge in [0.25, 0.3) is 5.91 Å². The minimum Gasteiger partial charge on any atom is -0.478 e. The number of pyridine rings is 1. The van der Waals surface area contributed by atoms with Gasteiger partial charge in [-0.3, -0.25) is 9.78 Å². The highest BCUT2D eigenvalue weighted by Crippen LogP contribution is 2.08. The molecule has 2 aromatic heterocycles. The van der Waals surface area contributed by atoms with Crippen LogP contribution in [0.5, 0.6) is 0 Å². The molecule has 0 radical (unpaired) electrons. The zero-order chi connectivity index (χ0) is 15.2. The van der Waals surface area contributed by atoms with Gasteiger partial charge in [-0.2, -0.15) is 0 Å². The van der Waals surface area contributed by atoms with Crippen molar-refractivity contribution in [3.63, 3.8) is 0 Å². The van der Waals surface area contributed by atoms with Crippen LogP contribution in [0.1, 0.15) is 27.7 Å². The molecule has 2 rings (SSSR count). The molecule has 2 heterocycles. The zero-order valence-corrected chi connectivity index (χ0v) is 11.2. The fraction of sp³-hybridized carbons (Fsp3) is 0.143. The molecule has 0 aliphatic rings. The average Bonchev–Trinajstić information content (AvgIpc) is 2.88. The monoisotopic (exact) mass is 287 g/mol. The summed E-state index contributed by atoms with van der Waals surface area (Å²) in [7, 11) is 0. The van der Waals surface area contributed by atoms with Crippen molar-refractivity contribution >= 4 is 18.0 Å². The van der Waals surface area contributed by atoms with Crippen LogP contribution >= 0.6 is 0 Å². The maximum atomic E-state index is 12.1. The first-order chi connectivity index (χ1) is 10.1. The summed E-state index contributed by atoms with van der Waals surface area (Å²) >= 11 is 0. The molecule has 0 aromatic carbocycles. The molecule has 0 bridgehead atoms. The topological polar surface area (TPSA) is 105 Å². The van der Waals surface area contributed by atoms with Crippen molar-refractivity contribution in [1.29, 1.82) is 0 Å². The number of oxazole rings is 1. The first kappa shape index (κ1) is 14.4.